The first-order valence-corrected chi connectivity index (χ1v) is 9.07. The van der Waals surface area contributed by atoms with Crippen molar-refractivity contribution in [2.24, 2.45) is 5.41 Å². The predicted octanol–water partition coefficient (Wildman–Crippen LogP) is 3.23. The van der Waals surface area contributed by atoms with Crippen LogP contribution in [-0.2, 0) is 0 Å². The van der Waals surface area contributed by atoms with Crippen LogP contribution in [0.3, 0.4) is 0 Å². The molecule has 0 aliphatic heterocycles. The van der Waals surface area contributed by atoms with E-state index in [1.54, 1.807) is 0 Å². The van der Waals surface area contributed by atoms with Gasteiger partial charge in [0.2, 0.25) is 0 Å². The van der Waals surface area contributed by atoms with Crippen molar-refractivity contribution in [1.29, 1.82) is 0 Å². The van der Waals surface area contributed by atoms with Crippen molar-refractivity contribution in [3.8, 4) is 0 Å². The normalized spacial score (nSPS) is 13.8. The minimum Gasteiger partial charge on any atom is -0.306 e. The highest BCUT2D eigenvalue weighted by Crippen LogP contribution is 2.16. The predicted molar refractivity (Wildman–Crippen MR) is 64.9 cm³/mol. The maximum Gasteiger partial charge on any atom is 0.0599 e. The summed E-state index contributed by atoms with van der Waals surface area (Å²) in [7, 11) is -0.915. The first-order chi connectivity index (χ1) is 5.64. The quantitative estimate of drug-likeness (QED) is 0.631. The molecule has 2 heteroatoms. The van der Waals surface area contributed by atoms with E-state index in [9.17, 15) is 0 Å². The van der Waals surface area contributed by atoms with E-state index in [2.05, 4.69) is 52.2 Å². The molecule has 80 valence electrons. The zero-order chi connectivity index (χ0) is 10.7. The van der Waals surface area contributed by atoms with Crippen molar-refractivity contribution in [3.05, 3.63) is 0 Å². The topological polar surface area (TPSA) is 3.24 Å². The maximum atomic E-state index is 2.60. The molecule has 0 radical (unpaired) electrons. The maximum absolute atomic E-state index is 2.60. The summed E-state index contributed by atoms with van der Waals surface area (Å²) >= 11 is 0. The molecule has 0 spiro atoms. The van der Waals surface area contributed by atoms with Gasteiger partial charge in [-0.25, -0.2) is 0 Å². The Labute approximate surface area is 85.5 Å². The van der Waals surface area contributed by atoms with Gasteiger partial charge in [0.1, 0.15) is 0 Å². The van der Waals surface area contributed by atoms with E-state index in [0.29, 0.717) is 5.41 Å². The molecule has 0 aliphatic rings. The number of hydrogen-bond donors (Lipinski definition) is 0. The average molecular weight is 201 g/mol. The SMILES string of the molecule is CCN(CC(C)(C)C)C[Si](C)(C)C. The van der Waals surface area contributed by atoms with Crippen LogP contribution in [-0.4, -0.2) is 32.2 Å². The lowest BCUT2D eigenvalue weighted by atomic mass is 9.96. The molecule has 0 unspecified atom stereocenters. The van der Waals surface area contributed by atoms with Gasteiger partial charge in [-0.3, -0.25) is 0 Å². The van der Waals surface area contributed by atoms with Gasteiger partial charge in [0.15, 0.2) is 0 Å². The molecule has 0 bridgehead atoms. The minimum absolute atomic E-state index is 0.440. The molecule has 0 saturated carbocycles. The standard InChI is InChI=1S/C11H27NSi/c1-8-12(9-11(2,3)4)10-13(5,6)7/h8-10H2,1-7H3. The lowest BCUT2D eigenvalue weighted by molar-refractivity contribution is 0.222. The molecular formula is C11H27NSi. The van der Waals surface area contributed by atoms with Gasteiger partial charge in [0.25, 0.3) is 0 Å². The van der Waals surface area contributed by atoms with Gasteiger partial charge in [0.05, 0.1) is 8.07 Å². The zero-order valence-corrected chi connectivity index (χ0v) is 11.6. The first-order valence-electron chi connectivity index (χ1n) is 5.36. The van der Waals surface area contributed by atoms with Crippen LogP contribution in [0.15, 0.2) is 0 Å². The van der Waals surface area contributed by atoms with E-state index >= 15 is 0 Å². The summed E-state index contributed by atoms with van der Waals surface area (Å²) in [6.45, 7) is 19.0. The lowest BCUT2D eigenvalue weighted by Crippen LogP contribution is -2.43. The van der Waals surface area contributed by atoms with Crippen LogP contribution in [0.4, 0.5) is 0 Å². The van der Waals surface area contributed by atoms with Crippen molar-refractivity contribution in [2.75, 3.05) is 19.3 Å². The van der Waals surface area contributed by atoms with Gasteiger partial charge in [-0.1, -0.05) is 47.3 Å². The number of nitrogens with zero attached hydrogens (tertiary/aromatic N) is 1. The molecule has 0 aliphatic carbocycles. The van der Waals surface area contributed by atoms with E-state index in [1.807, 2.05) is 0 Å². The third-order valence-electron chi connectivity index (χ3n) is 1.84. The average Bonchev–Trinajstić information content (AvgIpc) is 1.79. The van der Waals surface area contributed by atoms with Crippen LogP contribution in [0.25, 0.3) is 0 Å². The highest BCUT2D eigenvalue weighted by molar-refractivity contribution is 6.76. The van der Waals surface area contributed by atoms with E-state index in [4.69, 9.17) is 0 Å². The van der Waals surface area contributed by atoms with Crippen LogP contribution < -0.4 is 0 Å². The molecule has 0 amide bonds. The second-order valence-corrected chi connectivity index (χ2v) is 11.9. The van der Waals surface area contributed by atoms with E-state index in [-0.39, 0.29) is 0 Å². The Balaban J connectivity index is 4.05. The van der Waals surface area contributed by atoms with Crippen molar-refractivity contribution in [1.82, 2.24) is 4.90 Å². The van der Waals surface area contributed by atoms with Gasteiger partial charge in [-0.05, 0) is 18.1 Å². The summed E-state index contributed by atoms with van der Waals surface area (Å²) in [4.78, 5) is 2.60. The summed E-state index contributed by atoms with van der Waals surface area (Å²) in [5, 5.41) is 0. The van der Waals surface area contributed by atoms with E-state index < -0.39 is 8.07 Å². The second-order valence-electron chi connectivity index (χ2n) is 6.42. The molecule has 1 nitrogen and oxygen atoms in total. The summed E-state index contributed by atoms with van der Waals surface area (Å²) in [5.41, 5.74) is 0.440. The molecule has 13 heavy (non-hydrogen) atoms. The molecule has 0 aromatic carbocycles. The fourth-order valence-electron chi connectivity index (χ4n) is 1.62. The van der Waals surface area contributed by atoms with Crippen LogP contribution in [0.1, 0.15) is 27.7 Å². The van der Waals surface area contributed by atoms with Crippen LogP contribution in [0.5, 0.6) is 0 Å². The van der Waals surface area contributed by atoms with Gasteiger partial charge in [-0.15, -0.1) is 0 Å². The van der Waals surface area contributed by atoms with Gasteiger partial charge >= 0.3 is 0 Å². The van der Waals surface area contributed by atoms with Crippen molar-refractivity contribution in [2.45, 2.75) is 47.3 Å². The Hall–Kier alpha value is 0.177. The zero-order valence-electron chi connectivity index (χ0n) is 10.6. The molecule has 0 fully saturated rings. The molecule has 0 N–H and O–H groups in total. The number of rotatable bonds is 4. The van der Waals surface area contributed by atoms with E-state index in [1.165, 1.54) is 19.3 Å². The molecular weight excluding hydrogens is 174 g/mol. The summed E-state index contributed by atoms with van der Waals surface area (Å²) in [5.74, 6) is 0. The Kier molecular flexibility index (Phi) is 4.67. The van der Waals surface area contributed by atoms with Crippen LogP contribution in [0.2, 0.25) is 19.6 Å². The molecule has 0 rings (SSSR count). The van der Waals surface area contributed by atoms with Gasteiger partial charge in [0, 0.05) is 6.54 Å². The molecule has 0 aromatic rings. The summed E-state index contributed by atoms with van der Waals surface area (Å²) in [6.07, 6.45) is 1.33. The summed E-state index contributed by atoms with van der Waals surface area (Å²) in [6, 6.07) is 0. The third kappa shape index (κ3) is 8.51. The monoisotopic (exact) mass is 201 g/mol. The third-order valence-corrected chi connectivity index (χ3v) is 3.24. The number of hydrogen-bond acceptors (Lipinski definition) is 1. The fraction of sp³-hybridized carbons (Fsp3) is 1.00. The highest BCUT2D eigenvalue weighted by atomic mass is 28.3. The summed E-state index contributed by atoms with van der Waals surface area (Å²) < 4.78 is 0. The van der Waals surface area contributed by atoms with Crippen molar-refractivity contribution in [3.63, 3.8) is 0 Å². The molecule has 0 atom stereocenters. The van der Waals surface area contributed by atoms with Crippen LogP contribution in [0, 0.1) is 5.41 Å². The van der Waals surface area contributed by atoms with Crippen LogP contribution >= 0.6 is 0 Å². The largest absolute Gasteiger partial charge is 0.306 e. The first kappa shape index (κ1) is 13.2. The molecule has 0 aromatic heterocycles. The van der Waals surface area contributed by atoms with E-state index in [0.717, 1.165) is 0 Å². The lowest BCUT2D eigenvalue weighted by Gasteiger charge is -2.33. The Morgan fingerprint density at radius 3 is 1.77 bits per heavy atom. The van der Waals surface area contributed by atoms with Gasteiger partial charge in [-0.2, -0.15) is 0 Å². The fourth-order valence-corrected chi connectivity index (χ4v) is 3.30. The molecule has 0 heterocycles. The smallest absolute Gasteiger partial charge is 0.0599 e. The van der Waals surface area contributed by atoms with Crippen molar-refractivity contribution >= 4 is 8.07 Å². The van der Waals surface area contributed by atoms with Gasteiger partial charge < -0.3 is 4.90 Å². The molecule has 0 saturated heterocycles. The Morgan fingerprint density at radius 1 is 1.08 bits per heavy atom. The van der Waals surface area contributed by atoms with Crippen molar-refractivity contribution < 1.29 is 0 Å². The Morgan fingerprint density at radius 2 is 1.54 bits per heavy atom. The minimum atomic E-state index is -0.915. The Bertz CT molecular complexity index is 125. The second kappa shape index (κ2) is 4.60. The highest BCUT2D eigenvalue weighted by Gasteiger charge is 2.21.